The van der Waals surface area contributed by atoms with Gasteiger partial charge in [-0.2, -0.15) is 0 Å². The van der Waals surface area contributed by atoms with Crippen LogP contribution in [0.25, 0.3) is 0 Å². The minimum atomic E-state index is 0.738. The summed E-state index contributed by atoms with van der Waals surface area (Å²) in [6.07, 6.45) is 0. The summed E-state index contributed by atoms with van der Waals surface area (Å²) in [5.74, 6) is 0.738. The van der Waals surface area contributed by atoms with Gasteiger partial charge in [0.1, 0.15) is 17.6 Å². The molecule has 0 amide bonds. The lowest BCUT2D eigenvalue weighted by Crippen LogP contribution is -1.83. The molecule has 0 radical (unpaired) electrons. The third-order valence-corrected chi connectivity index (χ3v) is 1.80. The fraction of sp³-hybridized carbons (Fsp3) is 0.250. The molecular weight excluding hydrogens is 148 g/mol. The highest BCUT2D eigenvalue weighted by Crippen LogP contribution is 2.20. The van der Waals surface area contributed by atoms with E-state index in [1.54, 1.807) is 0 Å². The minimum Gasteiger partial charge on any atom is -0.385 e. The van der Waals surface area contributed by atoms with E-state index in [0.29, 0.717) is 0 Å². The van der Waals surface area contributed by atoms with Crippen LogP contribution in [0.3, 0.4) is 0 Å². The number of halogens is 1. The Bertz CT molecular complexity index is 233. The van der Waals surface area contributed by atoms with Crippen LogP contribution in [0.4, 0.5) is 0 Å². The van der Waals surface area contributed by atoms with E-state index in [-0.39, 0.29) is 0 Å². The molecule has 0 aromatic heterocycles. The van der Waals surface area contributed by atoms with Gasteiger partial charge >= 0.3 is 0 Å². The fourth-order valence-electron chi connectivity index (χ4n) is 0.808. The summed E-state index contributed by atoms with van der Waals surface area (Å²) in [5.41, 5.74) is 2.29. The third kappa shape index (κ3) is 1.24. The zero-order valence-electron chi connectivity index (χ0n) is 6.02. The van der Waals surface area contributed by atoms with E-state index in [1.807, 2.05) is 32.0 Å². The number of hydrogen-bond donors (Lipinski definition) is 0. The molecule has 1 nitrogen and oxygen atoms in total. The zero-order chi connectivity index (χ0) is 7.56. The summed E-state index contributed by atoms with van der Waals surface area (Å²) in [6.45, 7) is 4.00. The maximum Gasteiger partial charge on any atom is 0.149 e. The van der Waals surface area contributed by atoms with Crippen molar-refractivity contribution in [2.75, 3.05) is 0 Å². The maximum absolute atomic E-state index is 5.20. The van der Waals surface area contributed by atoms with Crippen molar-refractivity contribution in [1.82, 2.24) is 0 Å². The molecule has 0 heterocycles. The lowest BCUT2D eigenvalue weighted by Gasteiger charge is -2.02. The number of aryl methyl sites for hydroxylation is 1. The van der Waals surface area contributed by atoms with Crippen LogP contribution in [0, 0.1) is 13.8 Å². The molecule has 0 bridgehead atoms. The van der Waals surface area contributed by atoms with Gasteiger partial charge in [-0.05, 0) is 31.0 Å². The Kier molecular flexibility index (Phi) is 2.17. The summed E-state index contributed by atoms with van der Waals surface area (Å²) < 4.78 is 4.60. The second-order valence-electron chi connectivity index (χ2n) is 2.28. The zero-order valence-corrected chi connectivity index (χ0v) is 6.77. The Morgan fingerprint density at radius 3 is 2.50 bits per heavy atom. The van der Waals surface area contributed by atoms with Gasteiger partial charge in [0.25, 0.3) is 0 Å². The molecule has 0 fully saturated rings. The van der Waals surface area contributed by atoms with Crippen molar-refractivity contribution in [3.8, 4) is 5.75 Å². The Morgan fingerprint density at radius 1 is 1.30 bits per heavy atom. The van der Waals surface area contributed by atoms with E-state index in [0.717, 1.165) is 11.3 Å². The average Bonchev–Trinajstić information content (AvgIpc) is 1.95. The molecule has 10 heavy (non-hydrogen) atoms. The van der Waals surface area contributed by atoms with Crippen LogP contribution in [0.15, 0.2) is 18.2 Å². The highest BCUT2D eigenvalue weighted by molar-refractivity contribution is 6.09. The van der Waals surface area contributed by atoms with Crippen molar-refractivity contribution in [2.24, 2.45) is 0 Å². The molecule has 54 valence electrons. The Labute approximate surface area is 65.8 Å². The molecule has 1 rings (SSSR count). The number of rotatable bonds is 1. The topological polar surface area (TPSA) is 9.23 Å². The summed E-state index contributed by atoms with van der Waals surface area (Å²) in [7, 11) is 0. The molecule has 0 spiro atoms. The standard InChI is InChI=1S/C8H9ClO/c1-6-4-3-5-8(10-9)7(6)2/h3-5H,1-2H3. The lowest BCUT2D eigenvalue weighted by atomic mass is 10.1. The van der Waals surface area contributed by atoms with Crippen molar-refractivity contribution in [3.63, 3.8) is 0 Å². The van der Waals surface area contributed by atoms with E-state index < -0.39 is 0 Å². The number of benzene rings is 1. The fourth-order valence-corrected chi connectivity index (χ4v) is 0.975. The second kappa shape index (κ2) is 2.93. The maximum atomic E-state index is 5.20. The summed E-state index contributed by atoms with van der Waals surface area (Å²) in [4.78, 5) is 0. The molecule has 0 unspecified atom stereocenters. The SMILES string of the molecule is Cc1cccc(OCl)c1C. The summed E-state index contributed by atoms with van der Waals surface area (Å²) in [5, 5.41) is 0. The van der Waals surface area contributed by atoms with Crippen molar-refractivity contribution in [3.05, 3.63) is 29.3 Å². The van der Waals surface area contributed by atoms with Gasteiger partial charge in [-0.1, -0.05) is 12.1 Å². The van der Waals surface area contributed by atoms with Crippen LogP contribution in [0.5, 0.6) is 5.75 Å². The van der Waals surface area contributed by atoms with Crippen molar-refractivity contribution < 1.29 is 4.29 Å². The molecule has 1 aromatic carbocycles. The first-order valence-corrected chi connectivity index (χ1v) is 3.41. The monoisotopic (exact) mass is 156 g/mol. The first kappa shape index (κ1) is 7.42. The average molecular weight is 157 g/mol. The smallest absolute Gasteiger partial charge is 0.149 e. The molecule has 0 aliphatic carbocycles. The van der Waals surface area contributed by atoms with Crippen LogP contribution < -0.4 is 4.29 Å². The van der Waals surface area contributed by atoms with Crippen LogP contribution in [-0.4, -0.2) is 0 Å². The molecule has 0 aliphatic heterocycles. The van der Waals surface area contributed by atoms with Crippen LogP contribution in [-0.2, 0) is 0 Å². The Balaban J connectivity index is 3.14. The first-order chi connectivity index (χ1) is 4.75. The van der Waals surface area contributed by atoms with Gasteiger partial charge in [0.2, 0.25) is 0 Å². The van der Waals surface area contributed by atoms with Crippen LogP contribution in [0.1, 0.15) is 11.1 Å². The van der Waals surface area contributed by atoms with Crippen molar-refractivity contribution >= 4 is 11.9 Å². The highest BCUT2D eigenvalue weighted by atomic mass is 35.5. The largest absolute Gasteiger partial charge is 0.385 e. The van der Waals surface area contributed by atoms with Crippen LogP contribution >= 0.6 is 11.9 Å². The first-order valence-electron chi connectivity index (χ1n) is 3.10. The lowest BCUT2D eigenvalue weighted by molar-refractivity contribution is 0.612. The third-order valence-electron chi connectivity index (χ3n) is 1.64. The molecular formula is C8H9ClO. The van der Waals surface area contributed by atoms with Gasteiger partial charge in [-0.25, -0.2) is 0 Å². The summed E-state index contributed by atoms with van der Waals surface area (Å²) >= 11 is 5.20. The van der Waals surface area contributed by atoms with E-state index in [4.69, 9.17) is 11.9 Å². The molecule has 1 aromatic rings. The van der Waals surface area contributed by atoms with Gasteiger partial charge in [-0.15, -0.1) is 0 Å². The van der Waals surface area contributed by atoms with Crippen molar-refractivity contribution in [2.45, 2.75) is 13.8 Å². The molecule has 0 atom stereocenters. The van der Waals surface area contributed by atoms with Gasteiger partial charge < -0.3 is 4.29 Å². The van der Waals surface area contributed by atoms with Crippen LogP contribution in [0.2, 0.25) is 0 Å². The van der Waals surface area contributed by atoms with Gasteiger partial charge in [0, 0.05) is 0 Å². The molecule has 0 N–H and O–H groups in total. The normalized spacial score (nSPS) is 9.50. The second-order valence-corrected chi connectivity index (χ2v) is 2.43. The van der Waals surface area contributed by atoms with E-state index in [1.165, 1.54) is 5.56 Å². The van der Waals surface area contributed by atoms with E-state index in [9.17, 15) is 0 Å². The van der Waals surface area contributed by atoms with E-state index in [2.05, 4.69) is 4.29 Å². The van der Waals surface area contributed by atoms with E-state index >= 15 is 0 Å². The van der Waals surface area contributed by atoms with Gasteiger partial charge in [0.15, 0.2) is 0 Å². The molecule has 2 heteroatoms. The van der Waals surface area contributed by atoms with Gasteiger partial charge in [-0.3, -0.25) is 0 Å². The predicted octanol–water partition coefficient (Wildman–Crippen LogP) is 2.84. The predicted molar refractivity (Wildman–Crippen MR) is 42.4 cm³/mol. The Morgan fingerprint density at radius 2 is 2.00 bits per heavy atom. The molecule has 0 aliphatic rings. The Hall–Kier alpha value is -0.690. The van der Waals surface area contributed by atoms with Crippen molar-refractivity contribution in [1.29, 1.82) is 0 Å². The summed E-state index contributed by atoms with van der Waals surface area (Å²) in [6, 6.07) is 5.78. The molecule has 0 saturated heterocycles. The quantitative estimate of drug-likeness (QED) is 0.608. The highest BCUT2D eigenvalue weighted by Gasteiger charge is 1.98. The minimum absolute atomic E-state index is 0.738. The number of hydrogen-bond acceptors (Lipinski definition) is 1. The van der Waals surface area contributed by atoms with Gasteiger partial charge in [0.05, 0.1) is 0 Å². The molecule has 0 saturated carbocycles.